The number of anilines is 1. The van der Waals surface area contributed by atoms with Gasteiger partial charge in [0.2, 0.25) is 5.95 Å². The second-order valence-electron chi connectivity index (χ2n) is 7.00. The minimum absolute atomic E-state index is 0.289. The Labute approximate surface area is 157 Å². The summed E-state index contributed by atoms with van der Waals surface area (Å²) in [5, 5.41) is 0. The fourth-order valence-corrected chi connectivity index (χ4v) is 3.45. The van der Waals surface area contributed by atoms with E-state index in [0.717, 1.165) is 43.3 Å². The van der Waals surface area contributed by atoms with E-state index in [9.17, 15) is 14.4 Å². The lowest BCUT2D eigenvalue weighted by Crippen LogP contribution is -2.41. The topological polar surface area (TPSA) is 91.4 Å². The van der Waals surface area contributed by atoms with Crippen LogP contribution >= 0.6 is 0 Å². The monoisotopic (exact) mass is 377 g/mol. The number of imidazole rings is 1. The number of rotatable bonds is 6. The van der Waals surface area contributed by atoms with Gasteiger partial charge in [-0.3, -0.25) is 14.2 Å². The van der Waals surface area contributed by atoms with E-state index >= 15 is 0 Å². The Morgan fingerprint density at radius 1 is 1.11 bits per heavy atom. The van der Waals surface area contributed by atoms with Crippen LogP contribution in [0.3, 0.4) is 0 Å². The number of carbonyl (C=O) groups excluding carboxylic acids is 1. The Balaban J connectivity index is 2.01. The van der Waals surface area contributed by atoms with Crippen LogP contribution in [-0.4, -0.2) is 44.4 Å². The van der Waals surface area contributed by atoms with Crippen molar-refractivity contribution in [3.05, 3.63) is 20.8 Å². The van der Waals surface area contributed by atoms with E-state index in [4.69, 9.17) is 4.74 Å². The number of aromatic nitrogens is 4. The van der Waals surface area contributed by atoms with Crippen molar-refractivity contribution < 1.29 is 9.53 Å². The van der Waals surface area contributed by atoms with Crippen molar-refractivity contribution in [1.29, 1.82) is 0 Å². The second-order valence-corrected chi connectivity index (χ2v) is 7.00. The maximum absolute atomic E-state index is 12.9. The first kappa shape index (κ1) is 19.2. The number of ether oxygens (including phenoxy) is 1. The maximum Gasteiger partial charge on any atom is 0.333 e. The zero-order valence-electron chi connectivity index (χ0n) is 16.2. The molecule has 9 nitrogen and oxygen atoms in total. The molecule has 1 aliphatic heterocycles. The Bertz CT molecular complexity index is 949. The summed E-state index contributed by atoms with van der Waals surface area (Å²) < 4.78 is 9.08. The third-order valence-corrected chi connectivity index (χ3v) is 5.02. The number of carbonyl (C=O) groups is 1. The lowest BCUT2D eigenvalue weighted by atomic mass is 10.1. The van der Waals surface area contributed by atoms with Gasteiger partial charge in [-0.15, -0.1) is 0 Å². The second kappa shape index (κ2) is 7.98. The quantitative estimate of drug-likeness (QED) is 0.545. The molecule has 0 radical (unpaired) electrons. The minimum Gasteiger partial charge on any atom is -0.464 e. The number of unbranched alkanes of at least 4 members (excludes halogenated alkanes) is 1. The molecule has 3 rings (SSSR count). The van der Waals surface area contributed by atoms with Gasteiger partial charge in [-0.2, -0.15) is 4.98 Å². The fourth-order valence-electron chi connectivity index (χ4n) is 3.45. The molecule has 27 heavy (non-hydrogen) atoms. The van der Waals surface area contributed by atoms with Gasteiger partial charge in [0.15, 0.2) is 11.2 Å². The number of esters is 1. The molecular formula is C18H27N5O4. The highest BCUT2D eigenvalue weighted by Crippen LogP contribution is 2.21. The summed E-state index contributed by atoms with van der Waals surface area (Å²) in [4.78, 5) is 44.3. The van der Waals surface area contributed by atoms with Crippen molar-refractivity contribution in [1.82, 2.24) is 18.7 Å². The zero-order valence-corrected chi connectivity index (χ0v) is 16.2. The first-order chi connectivity index (χ1) is 13.0. The molecule has 2 aromatic rings. The molecule has 0 unspecified atom stereocenters. The zero-order chi connectivity index (χ0) is 19.6. The van der Waals surface area contributed by atoms with Crippen LogP contribution in [0.4, 0.5) is 5.95 Å². The van der Waals surface area contributed by atoms with E-state index in [1.165, 1.54) is 11.0 Å². The van der Waals surface area contributed by atoms with Crippen molar-refractivity contribution in [3.8, 4) is 0 Å². The molecule has 0 spiro atoms. The molecule has 0 saturated carbocycles. The van der Waals surface area contributed by atoms with Crippen LogP contribution in [0.15, 0.2) is 9.59 Å². The molecule has 1 fully saturated rings. The predicted molar refractivity (Wildman–Crippen MR) is 102 cm³/mol. The van der Waals surface area contributed by atoms with Crippen molar-refractivity contribution in [2.75, 3.05) is 24.6 Å². The van der Waals surface area contributed by atoms with Gasteiger partial charge in [-0.25, -0.2) is 9.36 Å². The SMILES string of the molecule is CCCCOC(=O)Cn1c(=O)c2c(nc(N3CCCCC3)n2C)n(C)c1=O. The van der Waals surface area contributed by atoms with Crippen LogP contribution in [0.2, 0.25) is 0 Å². The summed E-state index contributed by atoms with van der Waals surface area (Å²) >= 11 is 0. The van der Waals surface area contributed by atoms with Gasteiger partial charge in [0.05, 0.1) is 6.61 Å². The highest BCUT2D eigenvalue weighted by molar-refractivity contribution is 5.75. The molecular weight excluding hydrogens is 350 g/mol. The first-order valence-electron chi connectivity index (χ1n) is 9.52. The number of hydrogen-bond acceptors (Lipinski definition) is 6. The number of aryl methyl sites for hydroxylation is 2. The summed E-state index contributed by atoms with van der Waals surface area (Å²) in [7, 11) is 3.34. The van der Waals surface area contributed by atoms with Crippen LogP contribution < -0.4 is 16.1 Å². The molecule has 0 amide bonds. The first-order valence-corrected chi connectivity index (χ1v) is 9.52. The number of fused-ring (bicyclic) bond motifs is 1. The molecule has 148 valence electrons. The van der Waals surface area contributed by atoms with E-state index in [2.05, 4.69) is 9.88 Å². The standard InChI is InChI=1S/C18H27N5O4/c1-4-5-11-27-13(24)12-23-16(25)14-15(21(3)18(23)26)19-17(20(14)2)22-9-7-6-8-10-22/h4-12H2,1-3H3. The van der Waals surface area contributed by atoms with Crippen LogP contribution in [0.25, 0.3) is 11.2 Å². The predicted octanol–water partition coefficient (Wildman–Crippen LogP) is 0.767. The van der Waals surface area contributed by atoms with Crippen molar-refractivity contribution in [3.63, 3.8) is 0 Å². The van der Waals surface area contributed by atoms with Crippen molar-refractivity contribution in [2.24, 2.45) is 14.1 Å². The summed E-state index contributed by atoms with van der Waals surface area (Å²) in [5.74, 6) is 0.0977. The van der Waals surface area contributed by atoms with Gasteiger partial charge >= 0.3 is 11.7 Å². The van der Waals surface area contributed by atoms with Crippen LogP contribution in [0, 0.1) is 0 Å². The van der Waals surface area contributed by atoms with Gasteiger partial charge < -0.3 is 14.2 Å². The highest BCUT2D eigenvalue weighted by atomic mass is 16.5. The smallest absolute Gasteiger partial charge is 0.333 e. The molecule has 9 heteroatoms. The van der Waals surface area contributed by atoms with Crippen LogP contribution in [0.1, 0.15) is 39.0 Å². The third kappa shape index (κ3) is 3.63. The Hall–Kier alpha value is -2.58. The molecule has 0 bridgehead atoms. The van der Waals surface area contributed by atoms with E-state index in [1.54, 1.807) is 18.7 Å². The molecule has 1 aliphatic rings. The molecule has 2 aromatic heterocycles. The van der Waals surface area contributed by atoms with E-state index in [0.29, 0.717) is 17.1 Å². The Morgan fingerprint density at radius 2 is 1.81 bits per heavy atom. The van der Waals surface area contributed by atoms with Gasteiger partial charge in [-0.05, 0) is 25.7 Å². The Morgan fingerprint density at radius 3 is 2.48 bits per heavy atom. The summed E-state index contributed by atoms with van der Waals surface area (Å²) in [6.07, 6.45) is 4.99. The van der Waals surface area contributed by atoms with E-state index in [1.807, 2.05) is 6.92 Å². The largest absolute Gasteiger partial charge is 0.464 e. The summed E-state index contributed by atoms with van der Waals surface area (Å²) in [6.45, 7) is 3.64. The number of hydrogen-bond donors (Lipinski definition) is 0. The summed E-state index contributed by atoms with van der Waals surface area (Å²) in [5.41, 5.74) is -0.426. The molecule has 1 saturated heterocycles. The highest BCUT2D eigenvalue weighted by Gasteiger charge is 2.23. The van der Waals surface area contributed by atoms with Crippen molar-refractivity contribution >= 4 is 23.1 Å². The fraction of sp³-hybridized carbons (Fsp3) is 0.667. The molecule has 3 heterocycles. The third-order valence-electron chi connectivity index (χ3n) is 5.02. The number of nitrogens with zero attached hydrogens (tertiary/aromatic N) is 5. The number of piperidine rings is 1. The minimum atomic E-state index is -0.583. The van der Waals surface area contributed by atoms with Gasteiger partial charge in [0, 0.05) is 27.2 Å². The molecule has 0 atom stereocenters. The van der Waals surface area contributed by atoms with Gasteiger partial charge in [0.25, 0.3) is 5.56 Å². The lowest BCUT2D eigenvalue weighted by molar-refractivity contribution is -0.144. The average Bonchev–Trinajstić information content (AvgIpc) is 3.02. The molecule has 0 N–H and O–H groups in total. The average molecular weight is 377 g/mol. The van der Waals surface area contributed by atoms with Crippen molar-refractivity contribution in [2.45, 2.75) is 45.6 Å². The molecule has 0 aliphatic carbocycles. The lowest BCUT2D eigenvalue weighted by Gasteiger charge is -2.27. The van der Waals surface area contributed by atoms with Gasteiger partial charge in [-0.1, -0.05) is 13.3 Å². The maximum atomic E-state index is 12.9. The van der Waals surface area contributed by atoms with Crippen LogP contribution in [0.5, 0.6) is 0 Å². The Kier molecular flexibility index (Phi) is 5.67. The van der Waals surface area contributed by atoms with Gasteiger partial charge in [0.1, 0.15) is 6.54 Å². The van der Waals surface area contributed by atoms with Crippen LogP contribution in [-0.2, 0) is 30.2 Å². The molecule has 0 aromatic carbocycles. The van der Waals surface area contributed by atoms with E-state index < -0.39 is 23.8 Å². The summed E-state index contributed by atoms with van der Waals surface area (Å²) in [6, 6.07) is 0. The normalized spacial score (nSPS) is 14.7. The van der Waals surface area contributed by atoms with E-state index in [-0.39, 0.29) is 6.61 Å².